The van der Waals surface area contributed by atoms with E-state index >= 15 is 0 Å². The Balaban J connectivity index is 5.20. The van der Waals surface area contributed by atoms with Gasteiger partial charge in [-0.1, -0.05) is 344 Å². The Morgan fingerprint density at radius 3 is 0.732 bits per heavy atom. The number of unbranched alkanes of at least 4 members (excludes halogenated alkanes) is 39. The first-order valence-corrected chi connectivity index (χ1v) is 43.3. The van der Waals surface area contributed by atoms with Crippen molar-refractivity contribution in [1.29, 1.82) is 0 Å². The van der Waals surface area contributed by atoms with Crippen LogP contribution in [0.4, 0.5) is 0 Å². The Hall–Kier alpha value is -1.94. The van der Waals surface area contributed by atoms with Crippen LogP contribution < -0.4 is 0 Å². The van der Waals surface area contributed by atoms with Crippen molar-refractivity contribution in [3.63, 3.8) is 0 Å². The van der Waals surface area contributed by atoms with Gasteiger partial charge >= 0.3 is 39.5 Å². The quantitative estimate of drug-likeness (QED) is 0.0222. The molecule has 0 spiro atoms. The molecule has 5 unspecified atom stereocenters. The molecule has 0 aromatic heterocycles. The zero-order valence-corrected chi connectivity index (χ0v) is 65.5. The summed E-state index contributed by atoms with van der Waals surface area (Å²) >= 11 is 0. The highest BCUT2D eigenvalue weighted by Gasteiger charge is 2.30. The lowest BCUT2D eigenvalue weighted by molar-refractivity contribution is -0.161. The molecule has 0 aliphatic rings. The van der Waals surface area contributed by atoms with Gasteiger partial charge in [0.15, 0.2) is 12.2 Å². The number of phosphoric acid groups is 2. The number of aliphatic hydroxyl groups is 1. The van der Waals surface area contributed by atoms with E-state index in [1.54, 1.807) is 0 Å². The fourth-order valence-electron chi connectivity index (χ4n) is 11.8. The lowest BCUT2D eigenvalue weighted by Gasteiger charge is -2.21. The summed E-state index contributed by atoms with van der Waals surface area (Å²) in [5, 5.41) is 10.6. The van der Waals surface area contributed by atoms with Gasteiger partial charge in [0.05, 0.1) is 26.4 Å². The predicted octanol–water partition coefficient (Wildman–Crippen LogP) is 22.8. The molecular weight excluding hydrogens is 1270 g/mol. The number of carbonyl (C=O) groups is 4. The largest absolute Gasteiger partial charge is 0.472 e. The van der Waals surface area contributed by atoms with Gasteiger partial charge in [-0.15, -0.1) is 0 Å². The van der Waals surface area contributed by atoms with Crippen LogP contribution in [-0.4, -0.2) is 96.7 Å². The molecule has 0 saturated carbocycles. The number of phosphoric ester groups is 2. The van der Waals surface area contributed by atoms with Gasteiger partial charge in [0.1, 0.15) is 19.3 Å². The second kappa shape index (κ2) is 67.2. The summed E-state index contributed by atoms with van der Waals surface area (Å²) in [4.78, 5) is 72.8. The van der Waals surface area contributed by atoms with E-state index in [1.165, 1.54) is 193 Å². The Kier molecular flexibility index (Phi) is 65.9. The van der Waals surface area contributed by atoms with Crippen LogP contribution in [0.25, 0.3) is 0 Å². The van der Waals surface area contributed by atoms with Gasteiger partial charge in [-0.25, -0.2) is 9.13 Å². The molecule has 0 rings (SSSR count). The second-order valence-corrected chi connectivity index (χ2v) is 32.4. The minimum atomic E-state index is -4.96. The van der Waals surface area contributed by atoms with Crippen LogP contribution in [-0.2, 0) is 65.4 Å². The Labute approximate surface area is 594 Å². The molecule has 576 valence electrons. The molecule has 0 saturated heterocycles. The molecule has 0 amide bonds. The van der Waals surface area contributed by atoms with Crippen molar-refractivity contribution >= 4 is 39.5 Å². The summed E-state index contributed by atoms with van der Waals surface area (Å²) in [6.45, 7) is 14.2. The minimum Gasteiger partial charge on any atom is -0.462 e. The van der Waals surface area contributed by atoms with E-state index in [0.717, 1.165) is 114 Å². The summed E-state index contributed by atoms with van der Waals surface area (Å²) < 4.78 is 68.6. The number of hydrogen-bond acceptors (Lipinski definition) is 15. The number of hydrogen-bond donors (Lipinski definition) is 3. The average molecular weight is 1420 g/mol. The van der Waals surface area contributed by atoms with Crippen LogP contribution in [0.15, 0.2) is 0 Å². The third kappa shape index (κ3) is 69.5. The highest BCUT2D eigenvalue weighted by atomic mass is 31.2. The van der Waals surface area contributed by atoms with Crippen molar-refractivity contribution < 1.29 is 80.2 Å². The molecule has 97 heavy (non-hydrogen) atoms. The highest BCUT2D eigenvalue weighted by molar-refractivity contribution is 7.47. The van der Waals surface area contributed by atoms with E-state index in [2.05, 4.69) is 55.4 Å². The van der Waals surface area contributed by atoms with Gasteiger partial charge in [0.2, 0.25) is 0 Å². The first kappa shape index (κ1) is 95.1. The minimum absolute atomic E-state index is 0.105. The van der Waals surface area contributed by atoms with Crippen molar-refractivity contribution in [1.82, 2.24) is 0 Å². The highest BCUT2D eigenvalue weighted by Crippen LogP contribution is 2.45. The number of aliphatic hydroxyl groups excluding tert-OH is 1. The normalized spacial score (nSPS) is 14.6. The van der Waals surface area contributed by atoms with Crippen LogP contribution in [0.2, 0.25) is 0 Å². The molecule has 0 radical (unpaired) electrons. The fraction of sp³-hybridized carbons (Fsp3) is 0.949. The number of rotatable bonds is 75. The summed E-state index contributed by atoms with van der Waals surface area (Å²) in [6, 6.07) is 0. The van der Waals surface area contributed by atoms with E-state index in [-0.39, 0.29) is 25.7 Å². The molecule has 17 nitrogen and oxygen atoms in total. The van der Waals surface area contributed by atoms with Crippen LogP contribution in [0.5, 0.6) is 0 Å². The zero-order chi connectivity index (χ0) is 71.7. The van der Waals surface area contributed by atoms with E-state index in [9.17, 15) is 43.2 Å². The molecule has 0 bridgehead atoms. The average Bonchev–Trinajstić information content (AvgIpc) is 2.30. The van der Waals surface area contributed by atoms with Crippen molar-refractivity contribution in [2.75, 3.05) is 39.6 Å². The van der Waals surface area contributed by atoms with E-state index in [1.807, 2.05) is 0 Å². The molecule has 3 N–H and O–H groups in total. The smallest absolute Gasteiger partial charge is 0.462 e. The molecule has 0 aliphatic carbocycles. The van der Waals surface area contributed by atoms with E-state index < -0.39 is 97.5 Å². The summed E-state index contributed by atoms with van der Waals surface area (Å²) in [6.07, 6.45) is 52.8. The van der Waals surface area contributed by atoms with Crippen molar-refractivity contribution in [2.45, 2.75) is 414 Å². The molecule has 0 aliphatic heterocycles. The predicted molar refractivity (Wildman–Crippen MR) is 395 cm³/mol. The van der Waals surface area contributed by atoms with Gasteiger partial charge in [-0.2, -0.15) is 0 Å². The van der Waals surface area contributed by atoms with Gasteiger partial charge in [0, 0.05) is 25.7 Å². The maximum atomic E-state index is 13.1. The standard InChI is InChI=1S/C78H152O17P2/c1-9-70(7)56-48-40-31-25-21-17-14-15-18-22-26-33-42-50-58-75(80)88-64-73(95-78(83)61-53-45-35-29-28-32-41-49-57-71(8)10-2)66-92-96(84,85)90-62-72(79)63-91-97(86,87)93-67-74(65-89-76(81)59-51-43-37-36-39-47-55-69(5)6)94-77(82)60-52-44-34-27-23-19-13-11-12-16-20-24-30-38-46-54-68(3)4/h68-74,79H,9-67H2,1-8H3,(H,84,85)(H,86,87)/t70?,71?,72?,73-,74-/m1/s1. The van der Waals surface area contributed by atoms with E-state index in [0.29, 0.717) is 31.6 Å². The van der Waals surface area contributed by atoms with Crippen LogP contribution >= 0.6 is 15.6 Å². The molecular formula is C78H152O17P2. The molecule has 0 aromatic rings. The third-order valence-corrected chi connectivity index (χ3v) is 20.7. The topological polar surface area (TPSA) is 237 Å². The summed E-state index contributed by atoms with van der Waals surface area (Å²) in [5.41, 5.74) is 0. The Bertz CT molecular complexity index is 1910. The Morgan fingerprint density at radius 2 is 0.495 bits per heavy atom. The number of ether oxygens (including phenoxy) is 4. The first-order valence-electron chi connectivity index (χ1n) is 40.3. The van der Waals surface area contributed by atoms with Gasteiger partial charge in [0.25, 0.3) is 0 Å². The third-order valence-electron chi connectivity index (χ3n) is 18.8. The number of carbonyl (C=O) groups excluding carboxylic acids is 4. The molecule has 0 heterocycles. The SMILES string of the molecule is CCC(C)CCCCCCCCCCCCCCCCC(=O)OC[C@H](COP(=O)(O)OCC(O)COP(=O)(O)OC[C@@H](COC(=O)CCCCCCCCC(C)C)OC(=O)CCCCCCCCCCCCCCCCCC(C)C)OC(=O)CCCCCCCCCCC(C)CC. The maximum absolute atomic E-state index is 13.1. The fourth-order valence-corrected chi connectivity index (χ4v) is 13.4. The first-order chi connectivity index (χ1) is 46.7. The van der Waals surface area contributed by atoms with Gasteiger partial charge in [-0.3, -0.25) is 37.3 Å². The van der Waals surface area contributed by atoms with Gasteiger partial charge < -0.3 is 33.8 Å². The Morgan fingerprint density at radius 1 is 0.289 bits per heavy atom. The zero-order valence-electron chi connectivity index (χ0n) is 63.7. The van der Waals surface area contributed by atoms with Crippen LogP contribution in [0, 0.1) is 23.7 Å². The van der Waals surface area contributed by atoms with Crippen molar-refractivity contribution in [2.24, 2.45) is 23.7 Å². The summed E-state index contributed by atoms with van der Waals surface area (Å²) in [7, 11) is -9.92. The van der Waals surface area contributed by atoms with Crippen LogP contribution in [0.3, 0.4) is 0 Å². The number of esters is 4. The molecule has 0 fully saturated rings. The lowest BCUT2D eigenvalue weighted by atomic mass is 9.99. The van der Waals surface area contributed by atoms with Crippen LogP contribution in [0.1, 0.15) is 396 Å². The van der Waals surface area contributed by atoms with E-state index in [4.69, 9.17) is 37.0 Å². The molecule has 0 aromatic carbocycles. The lowest BCUT2D eigenvalue weighted by Crippen LogP contribution is -2.30. The van der Waals surface area contributed by atoms with Crippen molar-refractivity contribution in [3.8, 4) is 0 Å². The van der Waals surface area contributed by atoms with Crippen molar-refractivity contribution in [3.05, 3.63) is 0 Å². The molecule has 19 heteroatoms. The monoisotopic (exact) mass is 1420 g/mol. The maximum Gasteiger partial charge on any atom is 0.472 e. The van der Waals surface area contributed by atoms with Gasteiger partial charge in [-0.05, 0) is 49.4 Å². The summed E-state index contributed by atoms with van der Waals surface area (Å²) in [5.74, 6) is 0.980. The second-order valence-electron chi connectivity index (χ2n) is 29.5. The molecule has 7 atom stereocenters.